The van der Waals surface area contributed by atoms with Crippen LogP contribution in [0.4, 0.5) is 5.13 Å². The number of unbranched alkanes of at least 4 members (excludes halogenated alkanes) is 2. The van der Waals surface area contributed by atoms with Crippen LogP contribution in [-0.4, -0.2) is 34.8 Å². The van der Waals surface area contributed by atoms with E-state index in [-0.39, 0.29) is 24.3 Å². The van der Waals surface area contributed by atoms with Gasteiger partial charge in [0.1, 0.15) is 0 Å². The lowest BCUT2D eigenvalue weighted by molar-refractivity contribution is -0.135. The molecule has 1 N–H and O–H groups in total. The molecular weight excluding hydrogens is 286 g/mol. The van der Waals surface area contributed by atoms with Crippen molar-refractivity contribution in [3.63, 3.8) is 0 Å². The van der Waals surface area contributed by atoms with Crippen LogP contribution in [0.5, 0.6) is 0 Å². The Kier molecular flexibility index (Phi) is 5.73. The monoisotopic (exact) mass is 309 g/mol. The standard InChI is InChI=1S/C15H23N3O2S/c1-3-4-5-8-18(14(20)12-6-7-12)10-13(19)17-15-16-9-11(2)21-15/h9,12H,3-8,10H2,1-2H3,(H,16,17,19). The molecule has 116 valence electrons. The van der Waals surface area contributed by atoms with Crippen LogP contribution in [-0.2, 0) is 9.59 Å². The fourth-order valence-corrected chi connectivity index (χ4v) is 2.83. The van der Waals surface area contributed by atoms with Gasteiger partial charge in [0.05, 0.1) is 6.54 Å². The molecule has 5 nitrogen and oxygen atoms in total. The van der Waals surface area contributed by atoms with Gasteiger partial charge in [0, 0.05) is 23.5 Å². The number of carbonyl (C=O) groups excluding carboxylic acids is 2. The molecule has 2 rings (SSSR count). The Morgan fingerprint density at radius 1 is 1.43 bits per heavy atom. The van der Waals surface area contributed by atoms with Crippen molar-refractivity contribution in [3.05, 3.63) is 11.1 Å². The number of hydrogen-bond acceptors (Lipinski definition) is 4. The molecule has 1 aromatic heterocycles. The number of amides is 2. The van der Waals surface area contributed by atoms with Crippen molar-refractivity contribution >= 4 is 28.3 Å². The lowest BCUT2D eigenvalue weighted by atomic mass is 10.2. The van der Waals surface area contributed by atoms with Gasteiger partial charge >= 0.3 is 0 Å². The number of nitrogens with zero attached hydrogens (tertiary/aromatic N) is 2. The minimum absolute atomic E-state index is 0.136. The third-order valence-corrected chi connectivity index (χ3v) is 4.30. The van der Waals surface area contributed by atoms with Crippen molar-refractivity contribution in [2.75, 3.05) is 18.4 Å². The minimum atomic E-state index is -0.158. The molecular formula is C15H23N3O2S. The second-order valence-corrected chi connectivity index (χ2v) is 6.80. The maximum absolute atomic E-state index is 12.2. The molecule has 0 unspecified atom stereocenters. The van der Waals surface area contributed by atoms with Crippen LogP contribution >= 0.6 is 11.3 Å². The SMILES string of the molecule is CCCCCN(CC(=O)Nc1ncc(C)s1)C(=O)C1CC1. The predicted octanol–water partition coefficient (Wildman–Crippen LogP) is 2.82. The van der Waals surface area contributed by atoms with Crippen molar-refractivity contribution in [2.24, 2.45) is 5.92 Å². The number of rotatable bonds is 8. The Morgan fingerprint density at radius 2 is 2.19 bits per heavy atom. The molecule has 6 heteroatoms. The molecule has 1 aromatic rings. The highest BCUT2D eigenvalue weighted by Crippen LogP contribution is 2.31. The first-order chi connectivity index (χ1) is 10.1. The third kappa shape index (κ3) is 5.12. The molecule has 0 spiro atoms. The van der Waals surface area contributed by atoms with E-state index in [0.29, 0.717) is 11.7 Å². The van der Waals surface area contributed by atoms with Crippen LogP contribution in [0.2, 0.25) is 0 Å². The molecule has 0 aromatic carbocycles. The van der Waals surface area contributed by atoms with E-state index in [9.17, 15) is 9.59 Å². The lowest BCUT2D eigenvalue weighted by Crippen LogP contribution is -2.39. The summed E-state index contributed by atoms with van der Waals surface area (Å²) in [6, 6.07) is 0. The van der Waals surface area contributed by atoms with Crippen LogP contribution in [0, 0.1) is 12.8 Å². The first-order valence-electron chi connectivity index (χ1n) is 7.61. The number of anilines is 1. The van der Waals surface area contributed by atoms with E-state index in [1.165, 1.54) is 11.3 Å². The van der Waals surface area contributed by atoms with E-state index in [1.807, 2.05) is 6.92 Å². The van der Waals surface area contributed by atoms with E-state index in [2.05, 4.69) is 17.2 Å². The molecule has 0 aliphatic heterocycles. The normalized spacial score (nSPS) is 14.0. The van der Waals surface area contributed by atoms with Crippen LogP contribution in [0.15, 0.2) is 6.20 Å². The number of nitrogens with one attached hydrogen (secondary N) is 1. The highest BCUT2D eigenvalue weighted by atomic mass is 32.1. The first-order valence-corrected chi connectivity index (χ1v) is 8.43. The fourth-order valence-electron chi connectivity index (χ4n) is 2.15. The second-order valence-electron chi connectivity index (χ2n) is 5.57. The Bertz CT molecular complexity index is 497. The van der Waals surface area contributed by atoms with Gasteiger partial charge in [-0.25, -0.2) is 4.98 Å². The summed E-state index contributed by atoms with van der Waals surface area (Å²) < 4.78 is 0. The highest BCUT2D eigenvalue weighted by Gasteiger charge is 2.33. The molecule has 0 bridgehead atoms. The maximum Gasteiger partial charge on any atom is 0.245 e. The smallest absolute Gasteiger partial charge is 0.245 e. The summed E-state index contributed by atoms with van der Waals surface area (Å²) in [5.74, 6) is 0.132. The molecule has 0 saturated heterocycles. The van der Waals surface area contributed by atoms with Gasteiger partial charge < -0.3 is 10.2 Å². The van der Waals surface area contributed by atoms with Gasteiger partial charge in [-0.15, -0.1) is 11.3 Å². The summed E-state index contributed by atoms with van der Waals surface area (Å²) in [6.07, 6.45) is 6.82. The van der Waals surface area contributed by atoms with Crippen molar-refractivity contribution in [1.29, 1.82) is 0 Å². The van der Waals surface area contributed by atoms with Gasteiger partial charge in [-0.05, 0) is 26.2 Å². The van der Waals surface area contributed by atoms with Crippen LogP contribution < -0.4 is 5.32 Å². The first kappa shape index (κ1) is 15.9. The average Bonchev–Trinajstić information content (AvgIpc) is 3.21. The topological polar surface area (TPSA) is 62.3 Å². The lowest BCUT2D eigenvalue weighted by Gasteiger charge is -2.21. The summed E-state index contributed by atoms with van der Waals surface area (Å²) in [5, 5.41) is 3.37. The quantitative estimate of drug-likeness (QED) is 0.751. The van der Waals surface area contributed by atoms with Crippen LogP contribution in [0.1, 0.15) is 43.9 Å². The number of thiazole rings is 1. The minimum Gasteiger partial charge on any atom is -0.333 e. The van der Waals surface area contributed by atoms with Crippen molar-refractivity contribution in [1.82, 2.24) is 9.88 Å². The van der Waals surface area contributed by atoms with Gasteiger partial charge in [-0.3, -0.25) is 9.59 Å². The van der Waals surface area contributed by atoms with E-state index in [1.54, 1.807) is 11.1 Å². The maximum atomic E-state index is 12.2. The second kappa shape index (κ2) is 7.54. The third-order valence-electron chi connectivity index (χ3n) is 3.47. The number of carbonyl (C=O) groups is 2. The molecule has 21 heavy (non-hydrogen) atoms. The van der Waals surface area contributed by atoms with E-state index in [0.717, 1.165) is 37.0 Å². The molecule has 0 radical (unpaired) electrons. The zero-order chi connectivity index (χ0) is 15.2. The van der Waals surface area contributed by atoms with Gasteiger partial charge in [0.25, 0.3) is 0 Å². The fraction of sp³-hybridized carbons (Fsp3) is 0.667. The van der Waals surface area contributed by atoms with Crippen LogP contribution in [0.25, 0.3) is 0 Å². The Hall–Kier alpha value is -1.43. The van der Waals surface area contributed by atoms with Crippen molar-refractivity contribution in [3.8, 4) is 0 Å². The van der Waals surface area contributed by atoms with Gasteiger partial charge in [-0.2, -0.15) is 0 Å². The van der Waals surface area contributed by atoms with Gasteiger partial charge in [0.15, 0.2) is 5.13 Å². The Balaban J connectivity index is 1.86. The van der Waals surface area contributed by atoms with Gasteiger partial charge in [0.2, 0.25) is 11.8 Å². The molecule has 0 atom stereocenters. The highest BCUT2D eigenvalue weighted by molar-refractivity contribution is 7.15. The molecule has 1 saturated carbocycles. The summed E-state index contributed by atoms with van der Waals surface area (Å²) in [7, 11) is 0. The van der Waals surface area contributed by atoms with E-state index in [4.69, 9.17) is 0 Å². The summed E-state index contributed by atoms with van der Waals surface area (Å²) >= 11 is 1.45. The molecule has 1 aliphatic carbocycles. The Morgan fingerprint density at radius 3 is 2.76 bits per heavy atom. The van der Waals surface area contributed by atoms with Gasteiger partial charge in [-0.1, -0.05) is 19.8 Å². The molecule has 1 aliphatic rings. The van der Waals surface area contributed by atoms with Crippen molar-refractivity contribution < 1.29 is 9.59 Å². The van der Waals surface area contributed by atoms with Crippen molar-refractivity contribution in [2.45, 2.75) is 46.0 Å². The zero-order valence-corrected chi connectivity index (χ0v) is 13.5. The van der Waals surface area contributed by atoms with E-state index < -0.39 is 0 Å². The molecule has 1 heterocycles. The summed E-state index contributed by atoms with van der Waals surface area (Å²) in [6.45, 7) is 4.89. The molecule has 1 fully saturated rings. The summed E-state index contributed by atoms with van der Waals surface area (Å²) in [5.41, 5.74) is 0. The Labute approximate surface area is 129 Å². The molecule has 2 amide bonds. The van der Waals surface area contributed by atoms with E-state index >= 15 is 0 Å². The predicted molar refractivity (Wildman–Crippen MR) is 84.3 cm³/mol. The number of hydrogen-bond donors (Lipinski definition) is 1. The van der Waals surface area contributed by atoms with Crippen LogP contribution in [0.3, 0.4) is 0 Å². The zero-order valence-electron chi connectivity index (χ0n) is 12.7. The average molecular weight is 309 g/mol. The number of aromatic nitrogens is 1. The number of aryl methyl sites for hydroxylation is 1. The largest absolute Gasteiger partial charge is 0.333 e. The summed E-state index contributed by atoms with van der Waals surface area (Å²) in [4.78, 5) is 31.2.